The Morgan fingerprint density at radius 2 is 2.12 bits per heavy atom. The quantitative estimate of drug-likeness (QED) is 0.769. The van der Waals surface area contributed by atoms with E-state index in [1.165, 1.54) is 18.2 Å². The number of carbonyl (C=O) groups is 1. The van der Waals surface area contributed by atoms with E-state index >= 15 is 0 Å². The van der Waals surface area contributed by atoms with Crippen LogP contribution < -0.4 is 5.32 Å². The molecular formula is C14H21NO2. The second-order valence-corrected chi connectivity index (χ2v) is 4.17. The number of aryl methyl sites for hydroxylation is 1. The first-order valence-electron chi connectivity index (χ1n) is 6.02. The van der Waals surface area contributed by atoms with E-state index in [1.807, 2.05) is 6.07 Å². The van der Waals surface area contributed by atoms with Crippen LogP contribution in [0, 0.1) is 6.92 Å². The van der Waals surface area contributed by atoms with Crippen molar-refractivity contribution in [2.24, 2.45) is 0 Å². The number of esters is 1. The van der Waals surface area contributed by atoms with Crippen LogP contribution in [0.3, 0.4) is 0 Å². The third kappa shape index (κ3) is 4.19. The number of methoxy groups -OCH3 is 1. The first kappa shape index (κ1) is 13.7. The summed E-state index contributed by atoms with van der Waals surface area (Å²) in [4.78, 5) is 11.0. The predicted octanol–water partition coefficient (Wildman–Crippen LogP) is 2.25. The Morgan fingerprint density at radius 1 is 1.41 bits per heavy atom. The minimum absolute atomic E-state index is 0.218. The Labute approximate surface area is 103 Å². The van der Waals surface area contributed by atoms with Crippen LogP contribution in [0.4, 0.5) is 0 Å². The van der Waals surface area contributed by atoms with Crippen molar-refractivity contribution in [2.45, 2.75) is 26.2 Å². The Balaban J connectivity index is 2.55. The summed E-state index contributed by atoms with van der Waals surface area (Å²) in [7, 11) is 1.41. The van der Waals surface area contributed by atoms with Crippen LogP contribution in [-0.2, 0) is 9.53 Å². The van der Waals surface area contributed by atoms with E-state index in [1.54, 1.807) is 0 Å². The van der Waals surface area contributed by atoms with Crippen LogP contribution in [0.2, 0.25) is 0 Å². The molecule has 0 aromatic heterocycles. The Bertz CT molecular complexity index is 363. The van der Waals surface area contributed by atoms with Gasteiger partial charge >= 0.3 is 5.97 Å². The highest BCUT2D eigenvalue weighted by molar-refractivity contribution is 5.71. The van der Waals surface area contributed by atoms with E-state index in [2.05, 4.69) is 42.1 Å². The molecule has 3 nitrogen and oxygen atoms in total. The van der Waals surface area contributed by atoms with E-state index < -0.39 is 0 Å². The highest BCUT2D eigenvalue weighted by Crippen LogP contribution is 2.21. The molecule has 0 aliphatic rings. The number of rotatable bonds is 6. The van der Waals surface area contributed by atoms with Crippen molar-refractivity contribution < 1.29 is 9.53 Å². The Hall–Kier alpha value is -1.35. The fourth-order valence-electron chi connectivity index (χ4n) is 1.94. The lowest BCUT2D eigenvalue weighted by molar-refractivity contribution is -0.139. The summed E-state index contributed by atoms with van der Waals surface area (Å²) < 4.78 is 4.59. The van der Waals surface area contributed by atoms with Crippen molar-refractivity contribution in [1.82, 2.24) is 5.32 Å². The van der Waals surface area contributed by atoms with Crippen molar-refractivity contribution in [3.8, 4) is 0 Å². The normalized spacial score (nSPS) is 12.2. The average Bonchev–Trinajstić information content (AvgIpc) is 2.35. The Kier molecular flexibility index (Phi) is 5.70. The fraction of sp³-hybridized carbons (Fsp3) is 0.500. The first-order chi connectivity index (χ1) is 8.19. The molecule has 1 aromatic carbocycles. The van der Waals surface area contributed by atoms with E-state index in [-0.39, 0.29) is 12.5 Å². The summed E-state index contributed by atoms with van der Waals surface area (Å²) in [5, 5.41) is 3.14. The van der Waals surface area contributed by atoms with Crippen molar-refractivity contribution in [3.63, 3.8) is 0 Å². The second-order valence-electron chi connectivity index (χ2n) is 4.17. The molecule has 0 bridgehead atoms. The van der Waals surface area contributed by atoms with Gasteiger partial charge in [-0.15, -0.1) is 0 Å². The van der Waals surface area contributed by atoms with E-state index in [9.17, 15) is 4.79 Å². The lowest BCUT2D eigenvalue weighted by atomic mass is 9.92. The van der Waals surface area contributed by atoms with Crippen molar-refractivity contribution in [1.29, 1.82) is 0 Å². The molecule has 0 amide bonds. The molecule has 1 aromatic rings. The summed E-state index contributed by atoms with van der Waals surface area (Å²) in [5.74, 6) is 0.227. The molecule has 0 radical (unpaired) electrons. The van der Waals surface area contributed by atoms with Crippen LogP contribution in [-0.4, -0.2) is 26.2 Å². The maximum atomic E-state index is 11.0. The third-order valence-corrected chi connectivity index (χ3v) is 3.01. The summed E-state index contributed by atoms with van der Waals surface area (Å²) in [6.45, 7) is 5.37. The molecule has 0 aliphatic carbocycles. The fourth-order valence-corrected chi connectivity index (χ4v) is 1.94. The van der Waals surface area contributed by atoms with E-state index in [0.29, 0.717) is 5.92 Å². The number of hydrogen-bond donors (Lipinski definition) is 1. The van der Waals surface area contributed by atoms with Crippen molar-refractivity contribution >= 4 is 5.97 Å². The van der Waals surface area contributed by atoms with Crippen LogP contribution in [0.15, 0.2) is 24.3 Å². The molecule has 0 fully saturated rings. The van der Waals surface area contributed by atoms with Crippen molar-refractivity contribution in [3.05, 3.63) is 35.4 Å². The zero-order chi connectivity index (χ0) is 12.7. The SMILES string of the molecule is CC[C@@H](CNCC(=O)OC)c1ccccc1C. The number of carbonyl (C=O) groups excluding carboxylic acids is 1. The molecule has 1 N–H and O–H groups in total. The molecule has 3 heteroatoms. The maximum absolute atomic E-state index is 11.0. The first-order valence-corrected chi connectivity index (χ1v) is 6.02. The van der Waals surface area contributed by atoms with Gasteiger partial charge in [0.05, 0.1) is 13.7 Å². The van der Waals surface area contributed by atoms with Gasteiger partial charge < -0.3 is 10.1 Å². The molecule has 0 saturated carbocycles. The van der Waals surface area contributed by atoms with Gasteiger partial charge in [0.25, 0.3) is 0 Å². The molecule has 0 saturated heterocycles. The highest BCUT2D eigenvalue weighted by Gasteiger charge is 2.11. The van der Waals surface area contributed by atoms with Crippen LogP contribution in [0.1, 0.15) is 30.4 Å². The number of benzene rings is 1. The Morgan fingerprint density at radius 3 is 2.71 bits per heavy atom. The molecule has 0 heterocycles. The minimum Gasteiger partial charge on any atom is -0.468 e. The molecule has 0 spiro atoms. The number of ether oxygens (including phenoxy) is 1. The molecule has 0 unspecified atom stereocenters. The molecule has 1 atom stereocenters. The minimum atomic E-state index is -0.218. The number of hydrogen-bond acceptors (Lipinski definition) is 3. The van der Waals surface area contributed by atoms with Gasteiger partial charge in [0.2, 0.25) is 0 Å². The van der Waals surface area contributed by atoms with E-state index in [0.717, 1.165) is 13.0 Å². The van der Waals surface area contributed by atoms with Gasteiger partial charge in [-0.1, -0.05) is 31.2 Å². The van der Waals surface area contributed by atoms with Crippen LogP contribution >= 0.6 is 0 Å². The molecule has 94 valence electrons. The van der Waals surface area contributed by atoms with Crippen molar-refractivity contribution in [2.75, 3.05) is 20.2 Å². The predicted molar refractivity (Wildman–Crippen MR) is 69.1 cm³/mol. The van der Waals surface area contributed by atoms with Crippen LogP contribution in [0.5, 0.6) is 0 Å². The largest absolute Gasteiger partial charge is 0.468 e. The lowest BCUT2D eigenvalue weighted by Gasteiger charge is -2.18. The lowest BCUT2D eigenvalue weighted by Crippen LogP contribution is -2.28. The highest BCUT2D eigenvalue weighted by atomic mass is 16.5. The van der Waals surface area contributed by atoms with Gasteiger partial charge in [0.15, 0.2) is 0 Å². The zero-order valence-electron chi connectivity index (χ0n) is 10.8. The smallest absolute Gasteiger partial charge is 0.319 e. The second kappa shape index (κ2) is 7.07. The van der Waals surface area contributed by atoms with Gasteiger partial charge in [-0.3, -0.25) is 4.79 Å². The van der Waals surface area contributed by atoms with E-state index in [4.69, 9.17) is 0 Å². The summed E-state index contributed by atoms with van der Waals surface area (Å²) in [6.07, 6.45) is 1.05. The zero-order valence-corrected chi connectivity index (χ0v) is 10.8. The number of nitrogens with one attached hydrogen (secondary N) is 1. The average molecular weight is 235 g/mol. The summed E-state index contributed by atoms with van der Waals surface area (Å²) >= 11 is 0. The van der Waals surface area contributed by atoms with Gasteiger partial charge in [0.1, 0.15) is 0 Å². The van der Waals surface area contributed by atoms with Gasteiger partial charge in [-0.05, 0) is 30.4 Å². The van der Waals surface area contributed by atoms with Gasteiger partial charge in [0, 0.05) is 6.54 Å². The summed E-state index contributed by atoms with van der Waals surface area (Å²) in [5.41, 5.74) is 2.66. The van der Waals surface area contributed by atoms with Gasteiger partial charge in [-0.25, -0.2) is 0 Å². The van der Waals surface area contributed by atoms with Gasteiger partial charge in [-0.2, -0.15) is 0 Å². The third-order valence-electron chi connectivity index (χ3n) is 3.01. The topological polar surface area (TPSA) is 38.3 Å². The van der Waals surface area contributed by atoms with Crippen LogP contribution in [0.25, 0.3) is 0 Å². The molecule has 17 heavy (non-hydrogen) atoms. The molecule has 1 rings (SSSR count). The maximum Gasteiger partial charge on any atom is 0.319 e. The molecular weight excluding hydrogens is 214 g/mol. The monoisotopic (exact) mass is 235 g/mol. The summed E-state index contributed by atoms with van der Waals surface area (Å²) in [6, 6.07) is 8.39. The molecule has 0 aliphatic heterocycles. The standard InChI is InChI=1S/C14H21NO2/c1-4-12(9-15-10-14(16)17-3)13-8-6-5-7-11(13)2/h5-8,12,15H,4,9-10H2,1-3H3/t12-/m0/s1.